The van der Waals surface area contributed by atoms with Gasteiger partial charge >= 0.3 is 0 Å². The molecule has 0 amide bonds. The predicted octanol–water partition coefficient (Wildman–Crippen LogP) is 1.80. The molecule has 0 aromatic carbocycles. The molecule has 0 aliphatic rings. The lowest BCUT2D eigenvalue weighted by molar-refractivity contribution is 1.41. The summed E-state index contributed by atoms with van der Waals surface area (Å²) in [5.74, 6) is 0. The summed E-state index contributed by atoms with van der Waals surface area (Å²) in [5.41, 5.74) is 7.92. The lowest BCUT2D eigenvalue weighted by Crippen LogP contribution is -1.88. The largest absolute Gasteiger partial charge is 0.397 e. The topological polar surface area (TPSA) is 54.7 Å². The number of halogens is 1. The van der Waals surface area contributed by atoms with Crippen LogP contribution in [0.25, 0.3) is 11.0 Å². The van der Waals surface area contributed by atoms with E-state index < -0.39 is 0 Å². The Bertz CT molecular complexity index is 393. The van der Waals surface area contributed by atoms with Crippen LogP contribution >= 0.6 is 11.6 Å². The van der Waals surface area contributed by atoms with Gasteiger partial charge in [-0.2, -0.15) is 0 Å². The van der Waals surface area contributed by atoms with E-state index in [9.17, 15) is 0 Å². The molecule has 2 aromatic rings. The van der Waals surface area contributed by atoms with Crippen LogP contribution in [0.2, 0.25) is 5.15 Å². The maximum absolute atomic E-state index is 5.68. The van der Waals surface area contributed by atoms with Crippen molar-refractivity contribution in [3.05, 3.63) is 23.5 Å². The van der Waals surface area contributed by atoms with E-state index >= 15 is 0 Å². The van der Waals surface area contributed by atoms with E-state index in [1.807, 2.05) is 6.07 Å². The molecule has 0 unspecified atom stereocenters. The Morgan fingerprint density at radius 2 is 2.36 bits per heavy atom. The second-order valence-electron chi connectivity index (χ2n) is 2.27. The van der Waals surface area contributed by atoms with Gasteiger partial charge in [-0.05, 0) is 6.07 Å². The van der Waals surface area contributed by atoms with E-state index in [1.54, 1.807) is 12.3 Å². The van der Waals surface area contributed by atoms with Crippen molar-refractivity contribution in [3.63, 3.8) is 0 Å². The molecule has 3 N–H and O–H groups in total. The molecule has 2 aromatic heterocycles. The maximum Gasteiger partial charge on any atom is 0.131 e. The highest BCUT2D eigenvalue weighted by Gasteiger charge is 2.00. The number of rotatable bonds is 0. The fraction of sp³-hybridized carbons (Fsp3) is 0. The van der Waals surface area contributed by atoms with Gasteiger partial charge in [-0.3, -0.25) is 0 Å². The third-order valence-corrected chi connectivity index (χ3v) is 1.71. The van der Waals surface area contributed by atoms with Crippen LogP contribution in [0.15, 0.2) is 18.3 Å². The maximum atomic E-state index is 5.68. The Morgan fingerprint density at radius 1 is 1.55 bits per heavy atom. The van der Waals surface area contributed by atoms with Crippen LogP contribution in [-0.2, 0) is 0 Å². The molecular weight excluding hydrogens is 162 g/mol. The molecule has 0 aliphatic carbocycles. The van der Waals surface area contributed by atoms with Crippen molar-refractivity contribution in [2.24, 2.45) is 0 Å². The van der Waals surface area contributed by atoms with Crippen molar-refractivity contribution in [1.29, 1.82) is 0 Å². The lowest BCUT2D eigenvalue weighted by atomic mass is 10.3. The first-order chi connectivity index (χ1) is 5.27. The van der Waals surface area contributed by atoms with Crippen LogP contribution in [0.5, 0.6) is 0 Å². The minimum absolute atomic E-state index is 0.426. The molecule has 0 aliphatic heterocycles. The predicted molar refractivity (Wildman–Crippen MR) is 45.5 cm³/mol. The molecule has 0 atom stereocenters. The van der Waals surface area contributed by atoms with Crippen molar-refractivity contribution in [1.82, 2.24) is 9.97 Å². The van der Waals surface area contributed by atoms with Crippen molar-refractivity contribution in [2.45, 2.75) is 0 Å². The molecule has 56 valence electrons. The van der Waals surface area contributed by atoms with Crippen molar-refractivity contribution >= 4 is 28.3 Å². The molecular formula is C7H6ClN3. The Labute approximate surface area is 68.2 Å². The normalized spacial score (nSPS) is 10.6. The van der Waals surface area contributed by atoms with Crippen LogP contribution in [0.4, 0.5) is 5.69 Å². The minimum atomic E-state index is 0.426. The van der Waals surface area contributed by atoms with Gasteiger partial charge in [-0.15, -0.1) is 0 Å². The molecule has 3 nitrogen and oxygen atoms in total. The average molecular weight is 168 g/mol. The minimum Gasteiger partial charge on any atom is -0.397 e. The van der Waals surface area contributed by atoms with E-state index in [1.165, 1.54) is 0 Å². The van der Waals surface area contributed by atoms with E-state index in [0.717, 1.165) is 11.0 Å². The number of H-pyrrole nitrogens is 1. The first-order valence-electron chi connectivity index (χ1n) is 3.16. The molecule has 2 rings (SSSR count). The number of fused-ring (bicyclic) bond motifs is 1. The van der Waals surface area contributed by atoms with Crippen molar-refractivity contribution < 1.29 is 0 Å². The van der Waals surface area contributed by atoms with Crippen molar-refractivity contribution in [3.8, 4) is 0 Å². The lowest BCUT2D eigenvalue weighted by Gasteiger charge is -1.95. The first-order valence-corrected chi connectivity index (χ1v) is 3.54. The number of hydrogen-bond donors (Lipinski definition) is 2. The van der Waals surface area contributed by atoms with Gasteiger partial charge in [-0.1, -0.05) is 11.6 Å². The summed E-state index contributed by atoms with van der Waals surface area (Å²) in [4.78, 5) is 7.02. The Hall–Kier alpha value is -1.22. The molecule has 0 bridgehead atoms. The smallest absolute Gasteiger partial charge is 0.131 e. The van der Waals surface area contributed by atoms with Crippen LogP contribution in [-0.4, -0.2) is 9.97 Å². The van der Waals surface area contributed by atoms with Gasteiger partial charge < -0.3 is 10.7 Å². The second kappa shape index (κ2) is 2.13. The first kappa shape index (κ1) is 6.49. The second-order valence-corrected chi connectivity index (χ2v) is 2.66. The van der Waals surface area contributed by atoms with Gasteiger partial charge in [-0.25, -0.2) is 4.98 Å². The number of hydrogen-bond acceptors (Lipinski definition) is 2. The van der Waals surface area contributed by atoms with Gasteiger partial charge in [0, 0.05) is 12.3 Å². The van der Waals surface area contributed by atoms with Crippen LogP contribution < -0.4 is 5.73 Å². The van der Waals surface area contributed by atoms with E-state index in [2.05, 4.69) is 9.97 Å². The number of aromatic amines is 1. The molecule has 0 saturated heterocycles. The highest BCUT2D eigenvalue weighted by molar-refractivity contribution is 6.30. The van der Waals surface area contributed by atoms with E-state index in [0.29, 0.717) is 10.8 Å². The van der Waals surface area contributed by atoms with Crippen LogP contribution in [0, 0.1) is 0 Å². The highest BCUT2D eigenvalue weighted by Crippen LogP contribution is 2.20. The van der Waals surface area contributed by atoms with Crippen molar-refractivity contribution in [2.75, 3.05) is 5.73 Å². The van der Waals surface area contributed by atoms with Crippen LogP contribution in [0.1, 0.15) is 0 Å². The third kappa shape index (κ3) is 0.935. The molecule has 0 spiro atoms. The number of nitrogens with two attached hydrogens (primary N) is 1. The molecule has 2 heterocycles. The summed E-state index contributed by atoms with van der Waals surface area (Å²) in [6, 6.07) is 3.46. The number of anilines is 1. The quantitative estimate of drug-likeness (QED) is 0.588. The Kier molecular flexibility index (Phi) is 1.26. The number of pyridine rings is 1. The molecule has 11 heavy (non-hydrogen) atoms. The molecule has 0 fully saturated rings. The summed E-state index contributed by atoms with van der Waals surface area (Å²) < 4.78 is 0. The van der Waals surface area contributed by atoms with Gasteiger partial charge in [0.1, 0.15) is 5.15 Å². The summed E-state index contributed by atoms with van der Waals surface area (Å²) in [7, 11) is 0. The Balaban J connectivity index is 2.91. The number of nitrogens with one attached hydrogen (secondary N) is 1. The van der Waals surface area contributed by atoms with Gasteiger partial charge in [0.05, 0.1) is 16.7 Å². The zero-order valence-corrected chi connectivity index (χ0v) is 6.39. The summed E-state index contributed by atoms with van der Waals surface area (Å²) in [6.07, 6.45) is 1.78. The van der Waals surface area contributed by atoms with Gasteiger partial charge in [0.15, 0.2) is 0 Å². The summed E-state index contributed by atoms with van der Waals surface area (Å²) in [5, 5.41) is 0.426. The fourth-order valence-corrected chi connectivity index (χ4v) is 1.24. The Morgan fingerprint density at radius 3 is 3.18 bits per heavy atom. The van der Waals surface area contributed by atoms with E-state index in [4.69, 9.17) is 17.3 Å². The standard InChI is InChI=1S/C7H6ClN3/c8-6-3-4(9)7-5(11-6)1-2-10-7/h1-3,10H,(H2,9,11). The summed E-state index contributed by atoms with van der Waals surface area (Å²) >= 11 is 5.68. The molecule has 4 heteroatoms. The zero-order chi connectivity index (χ0) is 7.84. The number of aromatic nitrogens is 2. The highest BCUT2D eigenvalue weighted by atomic mass is 35.5. The van der Waals surface area contributed by atoms with Gasteiger partial charge in [0.25, 0.3) is 0 Å². The third-order valence-electron chi connectivity index (χ3n) is 1.52. The molecule has 0 radical (unpaired) electrons. The van der Waals surface area contributed by atoms with E-state index in [-0.39, 0.29) is 0 Å². The number of nitrogens with zero attached hydrogens (tertiary/aromatic N) is 1. The zero-order valence-electron chi connectivity index (χ0n) is 5.63. The number of nitrogen functional groups attached to an aromatic ring is 1. The molecule has 0 saturated carbocycles. The monoisotopic (exact) mass is 167 g/mol. The van der Waals surface area contributed by atoms with Crippen LogP contribution in [0.3, 0.4) is 0 Å². The SMILES string of the molecule is Nc1cc(Cl)nc2cc[nH]c12. The van der Waals surface area contributed by atoms with Gasteiger partial charge in [0.2, 0.25) is 0 Å². The summed E-state index contributed by atoms with van der Waals surface area (Å²) in [6.45, 7) is 0. The average Bonchev–Trinajstić information content (AvgIpc) is 2.34. The fourth-order valence-electron chi connectivity index (χ4n) is 1.03.